The molecule has 4 aromatic rings. The number of likely N-dealkylation sites (tertiary alicyclic amines) is 1. The maximum atomic E-state index is 13.7. The maximum Gasteiger partial charge on any atom is 0.334 e. The normalized spacial score (nSPS) is 15.9. The molecule has 0 radical (unpaired) electrons. The van der Waals surface area contributed by atoms with Gasteiger partial charge in [0.15, 0.2) is 0 Å². The molecular weight excluding hydrogens is 432 g/mol. The largest absolute Gasteiger partial charge is 0.456 e. The number of nitrogens with two attached hydrogens (primary N) is 1. The Morgan fingerprint density at radius 3 is 2.71 bits per heavy atom. The van der Waals surface area contributed by atoms with Crippen molar-refractivity contribution in [1.29, 1.82) is 0 Å². The molecular formula is C25H24N6O3. The first kappa shape index (κ1) is 21.4. The van der Waals surface area contributed by atoms with Gasteiger partial charge in [-0.1, -0.05) is 6.58 Å². The number of anilines is 1. The number of carbonyl (C=O) groups is 1. The van der Waals surface area contributed by atoms with Gasteiger partial charge in [-0.15, -0.1) is 0 Å². The van der Waals surface area contributed by atoms with Crippen molar-refractivity contribution < 1.29 is 9.53 Å². The second-order valence-electron chi connectivity index (χ2n) is 8.12. The molecule has 1 fully saturated rings. The predicted molar refractivity (Wildman–Crippen MR) is 129 cm³/mol. The SMILES string of the molecule is C=CC(=O)N1CCC[C@@H](n2c(=O)n(-c3ccc(Oc4cccnc4)cc3)c3c(N)nccc32)C1. The topological polar surface area (TPSA) is 108 Å². The number of pyridine rings is 2. The van der Waals surface area contributed by atoms with E-state index in [2.05, 4.69) is 16.5 Å². The van der Waals surface area contributed by atoms with Crippen LogP contribution in [-0.2, 0) is 4.79 Å². The minimum atomic E-state index is -0.228. The molecule has 1 amide bonds. The maximum absolute atomic E-state index is 13.7. The Bertz CT molecular complexity index is 1410. The summed E-state index contributed by atoms with van der Waals surface area (Å²) >= 11 is 0. The Kier molecular flexibility index (Phi) is 5.59. The zero-order valence-electron chi connectivity index (χ0n) is 18.5. The van der Waals surface area contributed by atoms with Gasteiger partial charge in [-0.3, -0.25) is 18.9 Å². The number of nitrogens with zero attached hydrogens (tertiary/aromatic N) is 5. The van der Waals surface area contributed by atoms with Crippen LogP contribution in [0.15, 0.2) is 78.5 Å². The van der Waals surface area contributed by atoms with Crippen molar-refractivity contribution in [2.75, 3.05) is 18.8 Å². The summed E-state index contributed by atoms with van der Waals surface area (Å²) in [4.78, 5) is 35.9. The van der Waals surface area contributed by atoms with Gasteiger partial charge in [0.05, 0.1) is 23.4 Å². The second-order valence-corrected chi connectivity index (χ2v) is 8.12. The molecule has 1 aliphatic rings. The van der Waals surface area contributed by atoms with Crippen molar-refractivity contribution in [3.8, 4) is 17.2 Å². The van der Waals surface area contributed by atoms with Gasteiger partial charge in [0, 0.05) is 25.5 Å². The summed E-state index contributed by atoms with van der Waals surface area (Å²) in [5.74, 6) is 1.37. The Hall–Kier alpha value is -4.40. The molecule has 0 saturated carbocycles. The number of fused-ring (bicyclic) bond motifs is 1. The molecule has 9 heteroatoms. The molecule has 3 aromatic heterocycles. The van der Waals surface area contributed by atoms with Crippen molar-refractivity contribution in [1.82, 2.24) is 24.0 Å². The fourth-order valence-electron chi connectivity index (χ4n) is 4.48. The van der Waals surface area contributed by atoms with E-state index in [9.17, 15) is 9.59 Å². The third kappa shape index (κ3) is 3.81. The van der Waals surface area contributed by atoms with Gasteiger partial charge in [0.2, 0.25) is 5.91 Å². The van der Waals surface area contributed by atoms with E-state index in [0.717, 1.165) is 12.8 Å². The minimum Gasteiger partial charge on any atom is -0.456 e. The highest BCUT2D eigenvalue weighted by molar-refractivity contribution is 5.88. The number of imidazole rings is 1. The van der Waals surface area contributed by atoms with Crippen LogP contribution in [0.3, 0.4) is 0 Å². The van der Waals surface area contributed by atoms with Crippen LogP contribution in [0.4, 0.5) is 5.82 Å². The highest BCUT2D eigenvalue weighted by Crippen LogP contribution is 2.29. The first-order valence-corrected chi connectivity index (χ1v) is 11.0. The summed E-state index contributed by atoms with van der Waals surface area (Å²) in [5.41, 5.74) is 7.88. The summed E-state index contributed by atoms with van der Waals surface area (Å²) in [6.07, 6.45) is 7.78. The van der Waals surface area contributed by atoms with Gasteiger partial charge < -0.3 is 15.4 Å². The average molecular weight is 457 g/mol. The fraction of sp³-hybridized carbons (Fsp3) is 0.200. The molecule has 1 aliphatic heterocycles. The molecule has 0 unspecified atom stereocenters. The van der Waals surface area contributed by atoms with Crippen molar-refractivity contribution in [2.24, 2.45) is 0 Å². The fourth-order valence-corrected chi connectivity index (χ4v) is 4.48. The van der Waals surface area contributed by atoms with Gasteiger partial charge >= 0.3 is 5.69 Å². The summed E-state index contributed by atoms with van der Waals surface area (Å²) in [6, 6.07) is 12.4. The van der Waals surface area contributed by atoms with Gasteiger partial charge in [0.1, 0.15) is 22.8 Å². The third-order valence-corrected chi connectivity index (χ3v) is 6.02. The van der Waals surface area contributed by atoms with E-state index in [1.54, 1.807) is 69.0 Å². The number of ether oxygens (including phenoxy) is 1. The van der Waals surface area contributed by atoms with Crippen LogP contribution in [0.2, 0.25) is 0 Å². The molecule has 1 saturated heterocycles. The van der Waals surface area contributed by atoms with E-state index in [1.807, 2.05) is 6.07 Å². The Morgan fingerprint density at radius 1 is 1.15 bits per heavy atom. The van der Waals surface area contributed by atoms with E-state index in [4.69, 9.17) is 10.5 Å². The predicted octanol–water partition coefficient (Wildman–Crippen LogP) is 3.31. The number of rotatable bonds is 5. The molecule has 0 bridgehead atoms. The third-order valence-electron chi connectivity index (χ3n) is 6.02. The summed E-state index contributed by atoms with van der Waals surface area (Å²) in [7, 11) is 0. The summed E-state index contributed by atoms with van der Waals surface area (Å²) in [6.45, 7) is 4.67. The van der Waals surface area contributed by atoms with E-state index in [0.29, 0.717) is 41.3 Å². The van der Waals surface area contributed by atoms with Crippen LogP contribution in [0.25, 0.3) is 16.7 Å². The van der Waals surface area contributed by atoms with Crippen LogP contribution in [0, 0.1) is 0 Å². The van der Waals surface area contributed by atoms with Crippen LogP contribution in [0.1, 0.15) is 18.9 Å². The molecule has 1 atom stereocenters. The number of benzene rings is 1. The lowest BCUT2D eigenvalue weighted by Gasteiger charge is -2.32. The molecule has 4 heterocycles. The van der Waals surface area contributed by atoms with Crippen molar-refractivity contribution in [2.45, 2.75) is 18.9 Å². The number of carbonyl (C=O) groups excluding carboxylic acids is 1. The Labute approximate surface area is 195 Å². The number of aromatic nitrogens is 4. The number of nitrogen functional groups attached to an aromatic ring is 1. The highest BCUT2D eigenvalue weighted by atomic mass is 16.5. The van der Waals surface area contributed by atoms with E-state index in [1.165, 1.54) is 6.08 Å². The van der Waals surface area contributed by atoms with Crippen molar-refractivity contribution >= 4 is 22.8 Å². The van der Waals surface area contributed by atoms with E-state index >= 15 is 0 Å². The first-order chi connectivity index (χ1) is 16.6. The lowest BCUT2D eigenvalue weighted by atomic mass is 10.1. The van der Waals surface area contributed by atoms with Gasteiger partial charge in [-0.2, -0.15) is 0 Å². The Morgan fingerprint density at radius 2 is 1.97 bits per heavy atom. The molecule has 1 aromatic carbocycles. The van der Waals surface area contributed by atoms with Crippen molar-refractivity contribution in [3.63, 3.8) is 0 Å². The van der Waals surface area contributed by atoms with Crippen LogP contribution >= 0.6 is 0 Å². The van der Waals surface area contributed by atoms with E-state index in [-0.39, 0.29) is 23.5 Å². The molecule has 0 aliphatic carbocycles. The lowest BCUT2D eigenvalue weighted by Crippen LogP contribution is -2.42. The molecule has 172 valence electrons. The van der Waals surface area contributed by atoms with Gasteiger partial charge in [0.25, 0.3) is 0 Å². The first-order valence-electron chi connectivity index (χ1n) is 11.0. The van der Waals surface area contributed by atoms with Crippen LogP contribution < -0.4 is 16.2 Å². The molecule has 2 N–H and O–H groups in total. The zero-order chi connectivity index (χ0) is 23.7. The quantitative estimate of drug-likeness (QED) is 0.462. The smallest absolute Gasteiger partial charge is 0.334 e. The number of amides is 1. The summed E-state index contributed by atoms with van der Waals surface area (Å²) < 4.78 is 9.12. The van der Waals surface area contributed by atoms with Crippen LogP contribution in [-0.4, -0.2) is 43.0 Å². The Balaban J connectivity index is 1.56. The number of hydrogen-bond donors (Lipinski definition) is 1. The highest BCUT2D eigenvalue weighted by Gasteiger charge is 2.28. The number of piperidine rings is 1. The molecule has 34 heavy (non-hydrogen) atoms. The van der Waals surface area contributed by atoms with E-state index < -0.39 is 0 Å². The standard InChI is InChI=1S/C25H24N6O3/c1-2-22(32)29-14-4-5-18(16-29)30-21-11-13-28-24(26)23(21)31(25(30)33)17-7-9-19(10-8-17)34-20-6-3-12-27-15-20/h2-3,6-13,15,18H,1,4-5,14,16H2,(H2,26,28)/t18-/m1/s1. The minimum absolute atomic E-state index is 0.133. The average Bonchev–Trinajstić information content (AvgIpc) is 3.17. The van der Waals surface area contributed by atoms with Crippen LogP contribution in [0.5, 0.6) is 11.5 Å². The summed E-state index contributed by atoms with van der Waals surface area (Å²) in [5, 5.41) is 0. The molecule has 0 spiro atoms. The number of hydrogen-bond acceptors (Lipinski definition) is 6. The lowest BCUT2D eigenvalue weighted by molar-refractivity contribution is -0.127. The van der Waals surface area contributed by atoms with Gasteiger partial charge in [-0.05, 0) is 61.4 Å². The molecule has 5 rings (SSSR count). The monoisotopic (exact) mass is 456 g/mol. The second kappa shape index (κ2) is 8.86. The molecule has 9 nitrogen and oxygen atoms in total. The van der Waals surface area contributed by atoms with Crippen molar-refractivity contribution in [3.05, 3.63) is 84.2 Å². The zero-order valence-corrected chi connectivity index (χ0v) is 18.5. The van der Waals surface area contributed by atoms with Gasteiger partial charge in [-0.25, -0.2) is 9.78 Å².